The van der Waals surface area contributed by atoms with Gasteiger partial charge in [0.1, 0.15) is 12.4 Å². The maximum absolute atomic E-state index is 12.8. The standard InChI is InChI=1S/C17H16ClF3N2O2/c1-11-3-2-4-13(9-11)25-8-7-22-16(24)23-12-5-6-15(18)14(10-12)17(19,20)21/h2-6,9-10H,7-8H2,1H3,(H2,22,23,24). The molecule has 0 aliphatic heterocycles. The van der Waals surface area contributed by atoms with E-state index in [1.807, 2.05) is 25.1 Å². The summed E-state index contributed by atoms with van der Waals surface area (Å²) >= 11 is 5.52. The van der Waals surface area contributed by atoms with Gasteiger partial charge in [-0.1, -0.05) is 23.7 Å². The van der Waals surface area contributed by atoms with Gasteiger partial charge >= 0.3 is 12.2 Å². The third-order valence-corrected chi connectivity index (χ3v) is 3.51. The van der Waals surface area contributed by atoms with Gasteiger partial charge in [-0.2, -0.15) is 13.2 Å². The number of aryl methyl sites for hydroxylation is 1. The molecule has 134 valence electrons. The number of carbonyl (C=O) groups is 1. The lowest BCUT2D eigenvalue weighted by Crippen LogP contribution is -2.32. The van der Waals surface area contributed by atoms with Crippen LogP contribution in [0.15, 0.2) is 42.5 Å². The second-order valence-corrected chi connectivity index (χ2v) is 5.65. The van der Waals surface area contributed by atoms with Gasteiger partial charge in [0.25, 0.3) is 0 Å². The molecule has 0 unspecified atom stereocenters. The monoisotopic (exact) mass is 372 g/mol. The Kier molecular flexibility index (Phi) is 6.14. The molecule has 0 fully saturated rings. The molecule has 0 atom stereocenters. The van der Waals surface area contributed by atoms with Gasteiger partial charge in [0, 0.05) is 5.69 Å². The van der Waals surface area contributed by atoms with E-state index in [0.717, 1.165) is 17.7 Å². The first-order valence-corrected chi connectivity index (χ1v) is 7.74. The van der Waals surface area contributed by atoms with Crippen LogP contribution in [0.4, 0.5) is 23.7 Å². The summed E-state index contributed by atoms with van der Waals surface area (Å²) in [4.78, 5) is 11.7. The van der Waals surface area contributed by atoms with Crippen LogP contribution < -0.4 is 15.4 Å². The van der Waals surface area contributed by atoms with E-state index in [-0.39, 0.29) is 18.8 Å². The lowest BCUT2D eigenvalue weighted by atomic mass is 10.2. The summed E-state index contributed by atoms with van der Waals surface area (Å²) in [6, 6.07) is 9.95. The minimum atomic E-state index is -4.59. The lowest BCUT2D eigenvalue weighted by Gasteiger charge is -2.12. The Morgan fingerprint density at radius 3 is 2.64 bits per heavy atom. The third-order valence-electron chi connectivity index (χ3n) is 3.18. The van der Waals surface area contributed by atoms with Crippen LogP contribution in [0.2, 0.25) is 5.02 Å². The Balaban J connectivity index is 1.82. The Morgan fingerprint density at radius 2 is 1.96 bits per heavy atom. The van der Waals surface area contributed by atoms with Crippen molar-refractivity contribution in [2.24, 2.45) is 0 Å². The van der Waals surface area contributed by atoms with Gasteiger partial charge in [0.15, 0.2) is 0 Å². The van der Waals surface area contributed by atoms with Crippen molar-refractivity contribution in [3.8, 4) is 5.75 Å². The van der Waals surface area contributed by atoms with E-state index in [1.165, 1.54) is 6.07 Å². The molecule has 0 bridgehead atoms. The summed E-state index contributed by atoms with van der Waals surface area (Å²) in [7, 11) is 0. The van der Waals surface area contributed by atoms with E-state index >= 15 is 0 Å². The van der Waals surface area contributed by atoms with Crippen LogP contribution in [0.25, 0.3) is 0 Å². The SMILES string of the molecule is Cc1cccc(OCCNC(=O)Nc2ccc(Cl)c(C(F)(F)F)c2)c1. The molecule has 0 aromatic heterocycles. The fourth-order valence-electron chi connectivity index (χ4n) is 2.03. The number of halogens is 4. The third kappa shape index (κ3) is 5.86. The highest BCUT2D eigenvalue weighted by molar-refractivity contribution is 6.31. The molecule has 2 amide bonds. The second-order valence-electron chi connectivity index (χ2n) is 5.24. The molecule has 2 N–H and O–H groups in total. The summed E-state index contributed by atoms with van der Waals surface area (Å²) in [6.07, 6.45) is -4.59. The highest BCUT2D eigenvalue weighted by Crippen LogP contribution is 2.36. The topological polar surface area (TPSA) is 50.4 Å². The molecule has 0 aliphatic rings. The van der Waals surface area contributed by atoms with E-state index in [4.69, 9.17) is 16.3 Å². The minimum absolute atomic E-state index is 0.00572. The molecule has 0 heterocycles. The van der Waals surface area contributed by atoms with Crippen LogP contribution in [0.3, 0.4) is 0 Å². The van der Waals surface area contributed by atoms with Crippen molar-refractivity contribution in [3.05, 3.63) is 58.6 Å². The predicted molar refractivity (Wildman–Crippen MR) is 90.1 cm³/mol. The van der Waals surface area contributed by atoms with E-state index in [2.05, 4.69) is 10.6 Å². The summed E-state index contributed by atoms with van der Waals surface area (Å²) < 4.78 is 43.8. The van der Waals surface area contributed by atoms with E-state index in [1.54, 1.807) is 6.07 Å². The quantitative estimate of drug-likeness (QED) is 0.736. The molecule has 4 nitrogen and oxygen atoms in total. The molecule has 0 spiro atoms. The first-order chi connectivity index (χ1) is 11.8. The number of alkyl halides is 3. The van der Waals surface area contributed by atoms with Crippen molar-refractivity contribution in [3.63, 3.8) is 0 Å². The normalized spacial score (nSPS) is 11.1. The van der Waals surface area contributed by atoms with Crippen molar-refractivity contribution in [1.29, 1.82) is 0 Å². The molecule has 0 saturated heterocycles. The summed E-state index contributed by atoms with van der Waals surface area (Å²) in [5.41, 5.74) is 0.0370. The first kappa shape index (κ1) is 18.9. The Morgan fingerprint density at radius 1 is 1.20 bits per heavy atom. The van der Waals surface area contributed by atoms with Crippen molar-refractivity contribution >= 4 is 23.3 Å². The smallest absolute Gasteiger partial charge is 0.417 e. The lowest BCUT2D eigenvalue weighted by molar-refractivity contribution is -0.137. The van der Waals surface area contributed by atoms with E-state index in [9.17, 15) is 18.0 Å². The molecule has 8 heteroatoms. The van der Waals surface area contributed by atoms with E-state index in [0.29, 0.717) is 5.75 Å². The summed E-state index contributed by atoms with van der Waals surface area (Å²) in [5.74, 6) is 0.676. The molecular formula is C17H16ClF3N2O2. The number of hydrogen-bond acceptors (Lipinski definition) is 2. The Bertz CT molecular complexity index is 751. The van der Waals surface area contributed by atoms with Crippen molar-refractivity contribution in [2.45, 2.75) is 13.1 Å². The fourth-order valence-corrected chi connectivity index (χ4v) is 2.26. The maximum Gasteiger partial charge on any atom is 0.417 e. The van der Waals surface area contributed by atoms with Crippen LogP contribution in [-0.4, -0.2) is 19.2 Å². The Hall–Kier alpha value is -2.41. The molecule has 0 radical (unpaired) electrons. The molecule has 2 aromatic carbocycles. The predicted octanol–water partition coefficient (Wildman–Crippen LogP) is 4.87. The fraction of sp³-hybridized carbons (Fsp3) is 0.235. The molecule has 0 saturated carbocycles. The second kappa shape index (κ2) is 8.11. The van der Waals surface area contributed by atoms with Gasteiger partial charge in [-0.25, -0.2) is 4.79 Å². The molecular weight excluding hydrogens is 357 g/mol. The van der Waals surface area contributed by atoms with E-state index < -0.39 is 22.8 Å². The molecule has 25 heavy (non-hydrogen) atoms. The van der Waals surface area contributed by atoms with Crippen LogP contribution in [-0.2, 0) is 6.18 Å². The first-order valence-electron chi connectivity index (χ1n) is 7.37. The zero-order chi connectivity index (χ0) is 18.4. The zero-order valence-electron chi connectivity index (χ0n) is 13.3. The summed E-state index contributed by atoms with van der Waals surface area (Å²) in [5, 5.41) is 4.40. The number of carbonyl (C=O) groups excluding carboxylic acids is 1. The zero-order valence-corrected chi connectivity index (χ0v) is 14.0. The Labute approximate surface area is 147 Å². The van der Waals surface area contributed by atoms with Crippen molar-refractivity contribution in [2.75, 3.05) is 18.5 Å². The number of benzene rings is 2. The molecule has 2 aromatic rings. The largest absolute Gasteiger partial charge is 0.492 e. The van der Waals surface area contributed by atoms with Crippen molar-refractivity contribution < 1.29 is 22.7 Å². The maximum atomic E-state index is 12.8. The number of hydrogen-bond donors (Lipinski definition) is 2. The van der Waals surface area contributed by atoms with Gasteiger partial charge in [0.2, 0.25) is 0 Å². The molecule has 2 rings (SSSR count). The van der Waals surface area contributed by atoms with Gasteiger partial charge in [-0.3, -0.25) is 0 Å². The molecule has 0 aliphatic carbocycles. The van der Waals surface area contributed by atoms with Gasteiger partial charge in [0.05, 0.1) is 17.1 Å². The van der Waals surface area contributed by atoms with Crippen LogP contribution in [0.5, 0.6) is 5.75 Å². The average molecular weight is 373 g/mol. The summed E-state index contributed by atoms with van der Waals surface area (Å²) in [6.45, 7) is 2.35. The minimum Gasteiger partial charge on any atom is -0.492 e. The highest BCUT2D eigenvalue weighted by Gasteiger charge is 2.33. The number of nitrogens with one attached hydrogen (secondary N) is 2. The number of rotatable bonds is 5. The number of urea groups is 1. The number of amides is 2. The number of anilines is 1. The van der Waals surface area contributed by atoms with Gasteiger partial charge < -0.3 is 15.4 Å². The van der Waals surface area contributed by atoms with Crippen LogP contribution >= 0.6 is 11.6 Å². The van der Waals surface area contributed by atoms with Gasteiger partial charge in [-0.15, -0.1) is 0 Å². The van der Waals surface area contributed by atoms with Crippen LogP contribution in [0, 0.1) is 6.92 Å². The number of ether oxygens (including phenoxy) is 1. The van der Waals surface area contributed by atoms with Crippen molar-refractivity contribution in [1.82, 2.24) is 5.32 Å². The average Bonchev–Trinajstić information content (AvgIpc) is 2.52. The highest BCUT2D eigenvalue weighted by atomic mass is 35.5. The van der Waals surface area contributed by atoms with Crippen LogP contribution in [0.1, 0.15) is 11.1 Å². The van der Waals surface area contributed by atoms with Gasteiger partial charge in [-0.05, 0) is 42.8 Å².